The summed E-state index contributed by atoms with van der Waals surface area (Å²) in [5, 5.41) is 7.36. The van der Waals surface area contributed by atoms with Crippen molar-refractivity contribution in [2.75, 3.05) is 13.1 Å². The molecule has 19 heavy (non-hydrogen) atoms. The van der Waals surface area contributed by atoms with Crippen molar-refractivity contribution >= 4 is 11.6 Å². The smallest absolute Gasteiger partial charge is 0.257 e. The first kappa shape index (κ1) is 12.6. The zero-order valence-electron chi connectivity index (χ0n) is 10.2. The van der Waals surface area contributed by atoms with Crippen LogP contribution in [0.15, 0.2) is 22.7 Å². The van der Waals surface area contributed by atoms with Crippen molar-refractivity contribution in [2.24, 2.45) is 0 Å². The summed E-state index contributed by atoms with van der Waals surface area (Å²) in [4.78, 5) is 4.38. The molecule has 0 radical (unpaired) electrons. The molecule has 1 aromatic carbocycles. The first-order chi connectivity index (χ1) is 9.24. The Labute approximate surface area is 115 Å². The van der Waals surface area contributed by atoms with Crippen LogP contribution < -0.4 is 5.32 Å². The Hall–Kier alpha value is -1.46. The quantitative estimate of drug-likeness (QED) is 0.919. The Morgan fingerprint density at radius 3 is 3.05 bits per heavy atom. The van der Waals surface area contributed by atoms with E-state index in [0.717, 1.165) is 25.9 Å². The van der Waals surface area contributed by atoms with Gasteiger partial charge in [-0.2, -0.15) is 4.98 Å². The minimum atomic E-state index is -0.457. The molecular formula is C13H13ClFN3O. The summed E-state index contributed by atoms with van der Waals surface area (Å²) in [5.74, 6) is 0.897. The summed E-state index contributed by atoms with van der Waals surface area (Å²) >= 11 is 5.74. The van der Waals surface area contributed by atoms with Gasteiger partial charge in [0.25, 0.3) is 5.89 Å². The van der Waals surface area contributed by atoms with Crippen LogP contribution in [-0.2, 0) is 0 Å². The van der Waals surface area contributed by atoms with Crippen molar-refractivity contribution < 1.29 is 8.91 Å². The molecule has 1 atom stereocenters. The fourth-order valence-corrected chi connectivity index (χ4v) is 2.40. The van der Waals surface area contributed by atoms with Crippen LogP contribution in [0.5, 0.6) is 0 Å². The van der Waals surface area contributed by atoms with Crippen LogP contribution in [0.25, 0.3) is 11.5 Å². The molecule has 6 heteroatoms. The van der Waals surface area contributed by atoms with E-state index in [1.165, 1.54) is 12.1 Å². The lowest BCUT2D eigenvalue weighted by Crippen LogP contribution is -2.28. The highest BCUT2D eigenvalue weighted by Crippen LogP contribution is 2.26. The van der Waals surface area contributed by atoms with E-state index in [1.54, 1.807) is 6.07 Å². The van der Waals surface area contributed by atoms with E-state index in [-0.39, 0.29) is 10.9 Å². The van der Waals surface area contributed by atoms with Crippen LogP contribution in [0.4, 0.5) is 4.39 Å². The number of nitrogens with zero attached hydrogens (tertiary/aromatic N) is 2. The Morgan fingerprint density at radius 1 is 1.42 bits per heavy atom. The lowest BCUT2D eigenvalue weighted by Gasteiger charge is -2.19. The van der Waals surface area contributed by atoms with Gasteiger partial charge in [0.2, 0.25) is 0 Å². The maximum Gasteiger partial charge on any atom is 0.257 e. The fraction of sp³-hybridized carbons (Fsp3) is 0.385. The van der Waals surface area contributed by atoms with Gasteiger partial charge in [-0.1, -0.05) is 16.8 Å². The number of hydrogen-bond donors (Lipinski definition) is 1. The minimum Gasteiger partial charge on any atom is -0.334 e. The molecule has 1 saturated heterocycles. The molecule has 0 bridgehead atoms. The van der Waals surface area contributed by atoms with Crippen LogP contribution in [0.2, 0.25) is 5.02 Å². The topological polar surface area (TPSA) is 51.0 Å². The minimum absolute atomic E-state index is 0.0524. The molecule has 1 aromatic heterocycles. The third-order valence-corrected chi connectivity index (χ3v) is 3.56. The third-order valence-electron chi connectivity index (χ3n) is 3.27. The van der Waals surface area contributed by atoms with Gasteiger partial charge in [0.1, 0.15) is 5.82 Å². The summed E-state index contributed by atoms with van der Waals surface area (Å²) < 4.78 is 18.3. The molecule has 0 spiro atoms. The average molecular weight is 282 g/mol. The van der Waals surface area contributed by atoms with E-state index >= 15 is 0 Å². The van der Waals surface area contributed by atoms with Crippen LogP contribution in [0, 0.1) is 5.82 Å². The van der Waals surface area contributed by atoms with Gasteiger partial charge in [-0.05, 0) is 37.6 Å². The second kappa shape index (κ2) is 5.27. The van der Waals surface area contributed by atoms with Crippen LogP contribution in [-0.4, -0.2) is 23.2 Å². The first-order valence-electron chi connectivity index (χ1n) is 6.24. The van der Waals surface area contributed by atoms with E-state index in [2.05, 4.69) is 15.5 Å². The van der Waals surface area contributed by atoms with E-state index in [1.807, 2.05) is 0 Å². The van der Waals surface area contributed by atoms with Gasteiger partial charge in [-0.3, -0.25) is 0 Å². The highest BCUT2D eigenvalue weighted by molar-refractivity contribution is 6.31. The molecular weight excluding hydrogens is 269 g/mol. The van der Waals surface area contributed by atoms with Crippen LogP contribution in [0.1, 0.15) is 24.6 Å². The van der Waals surface area contributed by atoms with Gasteiger partial charge in [0.05, 0.1) is 5.02 Å². The average Bonchev–Trinajstić information content (AvgIpc) is 2.93. The van der Waals surface area contributed by atoms with Crippen molar-refractivity contribution in [2.45, 2.75) is 18.8 Å². The third kappa shape index (κ3) is 2.62. The van der Waals surface area contributed by atoms with Crippen LogP contribution in [0.3, 0.4) is 0 Å². The van der Waals surface area contributed by atoms with Gasteiger partial charge in [0.15, 0.2) is 5.82 Å². The maximum atomic E-state index is 13.1. The summed E-state index contributed by atoms with van der Waals surface area (Å²) in [7, 11) is 0. The Bertz CT molecular complexity index is 581. The lowest BCUT2D eigenvalue weighted by atomic mass is 9.99. The fourth-order valence-electron chi connectivity index (χ4n) is 2.22. The molecule has 100 valence electrons. The van der Waals surface area contributed by atoms with Crippen LogP contribution >= 0.6 is 11.6 Å². The summed E-state index contributed by atoms with van der Waals surface area (Å²) in [6, 6.07) is 4.37. The van der Waals surface area contributed by atoms with E-state index in [0.29, 0.717) is 17.3 Å². The second-order valence-corrected chi connectivity index (χ2v) is 5.04. The highest BCUT2D eigenvalue weighted by atomic mass is 35.5. The summed E-state index contributed by atoms with van der Waals surface area (Å²) in [6.45, 7) is 1.90. The number of aromatic nitrogens is 2. The number of piperidine rings is 1. The predicted molar refractivity (Wildman–Crippen MR) is 69.5 cm³/mol. The van der Waals surface area contributed by atoms with Crippen molar-refractivity contribution in [3.05, 3.63) is 34.9 Å². The molecule has 1 aliphatic rings. The molecule has 0 aliphatic carbocycles. The van der Waals surface area contributed by atoms with Gasteiger partial charge >= 0.3 is 0 Å². The number of hydrogen-bond acceptors (Lipinski definition) is 4. The number of rotatable bonds is 2. The first-order valence-corrected chi connectivity index (χ1v) is 6.61. The summed E-state index contributed by atoms with van der Waals surface area (Å²) in [6.07, 6.45) is 2.16. The molecule has 4 nitrogen and oxygen atoms in total. The maximum absolute atomic E-state index is 13.1. The molecule has 1 aliphatic heterocycles. The molecule has 1 fully saturated rings. The number of halogens is 2. The van der Waals surface area contributed by atoms with Gasteiger partial charge < -0.3 is 9.84 Å². The highest BCUT2D eigenvalue weighted by Gasteiger charge is 2.21. The molecule has 1 N–H and O–H groups in total. The molecule has 2 heterocycles. The van der Waals surface area contributed by atoms with Gasteiger partial charge in [0, 0.05) is 18.0 Å². The Balaban J connectivity index is 1.85. The van der Waals surface area contributed by atoms with Crippen molar-refractivity contribution in [3.63, 3.8) is 0 Å². The largest absolute Gasteiger partial charge is 0.334 e. The summed E-state index contributed by atoms with van der Waals surface area (Å²) in [5.41, 5.74) is 0.633. The van der Waals surface area contributed by atoms with E-state index in [9.17, 15) is 4.39 Å². The number of nitrogens with one attached hydrogen (secondary N) is 1. The lowest BCUT2D eigenvalue weighted by molar-refractivity contribution is 0.393. The van der Waals surface area contributed by atoms with E-state index in [4.69, 9.17) is 16.1 Å². The normalized spacial score (nSPS) is 19.6. The standard InChI is InChI=1S/C13H13ClFN3O/c14-10-6-8(3-4-11(10)15)13-17-12(18-19-13)9-2-1-5-16-7-9/h3-4,6,9,16H,1-2,5,7H2. The SMILES string of the molecule is Fc1ccc(-c2nc(C3CCCNC3)no2)cc1Cl. The van der Waals surface area contributed by atoms with Gasteiger partial charge in [-0.15, -0.1) is 0 Å². The van der Waals surface area contributed by atoms with Crippen molar-refractivity contribution in [1.82, 2.24) is 15.5 Å². The van der Waals surface area contributed by atoms with Gasteiger partial charge in [-0.25, -0.2) is 4.39 Å². The number of benzene rings is 1. The van der Waals surface area contributed by atoms with Crippen molar-refractivity contribution in [3.8, 4) is 11.5 Å². The zero-order chi connectivity index (χ0) is 13.2. The van der Waals surface area contributed by atoms with E-state index < -0.39 is 5.82 Å². The second-order valence-electron chi connectivity index (χ2n) is 4.63. The molecule has 0 amide bonds. The monoisotopic (exact) mass is 281 g/mol. The molecule has 3 rings (SSSR count). The predicted octanol–water partition coefficient (Wildman–Crippen LogP) is 3.00. The van der Waals surface area contributed by atoms with Crippen molar-refractivity contribution in [1.29, 1.82) is 0 Å². The Morgan fingerprint density at radius 2 is 2.32 bits per heavy atom. The Kier molecular flexibility index (Phi) is 3.48. The molecule has 2 aromatic rings. The molecule has 0 saturated carbocycles. The molecule has 1 unspecified atom stereocenters. The zero-order valence-corrected chi connectivity index (χ0v) is 11.0.